The zero-order valence-corrected chi connectivity index (χ0v) is 12.4. The van der Waals surface area contributed by atoms with Crippen LogP contribution < -0.4 is 5.32 Å². The number of thioether (sulfide) groups is 1. The summed E-state index contributed by atoms with van der Waals surface area (Å²) in [5.41, 5.74) is 0.212. The highest BCUT2D eigenvalue weighted by Gasteiger charge is 2.49. The Morgan fingerprint density at radius 2 is 2.38 bits per heavy atom. The van der Waals surface area contributed by atoms with Crippen molar-refractivity contribution < 1.29 is 19.6 Å². The topological polar surface area (TPSA) is 99.1 Å². The molecule has 21 heavy (non-hydrogen) atoms. The smallest absolute Gasteiger partial charge is 0.277 e. The molecule has 9 heteroatoms. The molecule has 0 aromatic carbocycles. The van der Waals surface area contributed by atoms with E-state index in [-0.39, 0.29) is 11.3 Å². The van der Waals surface area contributed by atoms with Crippen LogP contribution in [0.25, 0.3) is 0 Å². The number of carbonyl (C=O) groups is 3. The average molecular weight is 330 g/mol. The fourth-order valence-electron chi connectivity index (χ4n) is 1.94. The number of rotatable bonds is 5. The summed E-state index contributed by atoms with van der Waals surface area (Å²) in [6, 6.07) is -0.759. The largest absolute Gasteiger partial charge is 0.410 e. The molecule has 0 saturated carbocycles. The second-order valence-electron chi connectivity index (χ2n) is 4.31. The number of alkyl halides is 1. The van der Waals surface area contributed by atoms with Gasteiger partial charge in [0.25, 0.3) is 11.8 Å². The molecular weight excluding hydrogens is 318 g/mol. The molecule has 2 N–H and O–H groups in total. The highest BCUT2D eigenvalue weighted by atomic mass is 35.5. The maximum absolute atomic E-state index is 11.9. The van der Waals surface area contributed by atoms with Crippen molar-refractivity contribution in [2.45, 2.75) is 11.4 Å². The lowest BCUT2D eigenvalue weighted by molar-refractivity contribution is -0.144. The molecule has 7 nitrogen and oxygen atoms in total. The Kier molecular flexibility index (Phi) is 4.69. The van der Waals surface area contributed by atoms with Gasteiger partial charge in [0.05, 0.1) is 5.88 Å². The van der Waals surface area contributed by atoms with Crippen molar-refractivity contribution >= 4 is 46.7 Å². The van der Waals surface area contributed by atoms with Gasteiger partial charge in [0.15, 0.2) is 0 Å². The summed E-state index contributed by atoms with van der Waals surface area (Å²) in [5, 5.41) is 13.5. The van der Waals surface area contributed by atoms with Crippen LogP contribution >= 0.6 is 23.4 Å². The average Bonchev–Trinajstić information content (AvgIpc) is 2.52. The monoisotopic (exact) mass is 329 g/mol. The first-order valence-electron chi connectivity index (χ1n) is 5.92. The lowest BCUT2D eigenvalue weighted by Gasteiger charge is -2.47. The fourth-order valence-corrected chi connectivity index (χ4v) is 3.33. The van der Waals surface area contributed by atoms with Crippen LogP contribution in [0.1, 0.15) is 0 Å². The molecule has 0 bridgehead atoms. The first kappa shape index (κ1) is 15.6. The molecule has 2 unspecified atom stereocenters. The summed E-state index contributed by atoms with van der Waals surface area (Å²) in [6.07, 6.45) is 3.35. The van der Waals surface area contributed by atoms with Gasteiger partial charge in [-0.05, 0) is 5.57 Å². The molecule has 0 aromatic heterocycles. The van der Waals surface area contributed by atoms with Crippen molar-refractivity contribution in [3.05, 3.63) is 24.4 Å². The highest BCUT2D eigenvalue weighted by molar-refractivity contribution is 8.00. The number of carbonyl (C=O) groups excluding carboxylic acids is 3. The molecule has 2 rings (SSSR count). The van der Waals surface area contributed by atoms with Gasteiger partial charge in [-0.15, -0.1) is 23.4 Å². The number of Topliss-reactive ketones (excluding diaryl/α,β-unsaturated/α-hetero) is 1. The molecule has 0 aromatic rings. The van der Waals surface area contributed by atoms with Crippen LogP contribution in [0.15, 0.2) is 29.6 Å². The third kappa shape index (κ3) is 2.81. The van der Waals surface area contributed by atoms with E-state index < -0.39 is 29.3 Å². The van der Waals surface area contributed by atoms with Gasteiger partial charge in [-0.1, -0.05) is 17.8 Å². The minimum atomic E-state index is -0.916. The highest BCUT2D eigenvalue weighted by Crippen LogP contribution is 2.36. The maximum Gasteiger partial charge on any atom is 0.277 e. The number of halogens is 1. The van der Waals surface area contributed by atoms with Gasteiger partial charge in [0, 0.05) is 12.0 Å². The number of ketones is 1. The molecular formula is C12H12ClN3O4S. The molecule has 2 aliphatic heterocycles. The van der Waals surface area contributed by atoms with E-state index in [4.69, 9.17) is 16.8 Å². The summed E-state index contributed by atoms with van der Waals surface area (Å²) < 4.78 is 0. The predicted molar refractivity (Wildman–Crippen MR) is 78.3 cm³/mol. The minimum absolute atomic E-state index is 0.240. The van der Waals surface area contributed by atoms with Gasteiger partial charge >= 0.3 is 0 Å². The van der Waals surface area contributed by atoms with Gasteiger partial charge in [0.2, 0.25) is 11.5 Å². The summed E-state index contributed by atoms with van der Waals surface area (Å²) in [7, 11) is 0. The number of amides is 2. The first-order valence-corrected chi connectivity index (χ1v) is 7.50. The molecule has 1 saturated heterocycles. The second-order valence-corrected chi connectivity index (χ2v) is 5.68. The maximum atomic E-state index is 11.9. The summed E-state index contributed by atoms with van der Waals surface area (Å²) in [4.78, 5) is 36.6. The number of fused-ring (bicyclic) bond motifs is 1. The molecule has 0 spiro atoms. The molecule has 1 fully saturated rings. The van der Waals surface area contributed by atoms with Crippen molar-refractivity contribution in [1.82, 2.24) is 10.2 Å². The fraction of sp³-hybridized carbons (Fsp3) is 0.333. The number of nitrogens with one attached hydrogen (secondary N) is 1. The number of nitrogens with zero attached hydrogens (tertiary/aromatic N) is 2. The predicted octanol–water partition coefficient (Wildman–Crippen LogP) is 0.0943. The van der Waals surface area contributed by atoms with Crippen LogP contribution in [0.2, 0.25) is 0 Å². The van der Waals surface area contributed by atoms with Gasteiger partial charge in [0.1, 0.15) is 11.4 Å². The quantitative estimate of drug-likeness (QED) is 0.186. The van der Waals surface area contributed by atoms with E-state index in [2.05, 4.69) is 17.1 Å². The van der Waals surface area contributed by atoms with Crippen LogP contribution in [0.4, 0.5) is 0 Å². The third-order valence-corrected chi connectivity index (χ3v) is 4.64. The van der Waals surface area contributed by atoms with Crippen LogP contribution in [0, 0.1) is 0 Å². The Morgan fingerprint density at radius 1 is 1.67 bits per heavy atom. The van der Waals surface area contributed by atoms with E-state index >= 15 is 0 Å². The van der Waals surface area contributed by atoms with Crippen molar-refractivity contribution in [2.24, 2.45) is 5.16 Å². The lowest BCUT2D eigenvalue weighted by Crippen LogP contribution is -2.69. The number of oxime groups is 1. The third-order valence-electron chi connectivity index (χ3n) is 3.05. The van der Waals surface area contributed by atoms with Gasteiger partial charge < -0.3 is 15.4 Å². The Bertz CT molecular complexity index is 575. The number of hydrogen-bond acceptors (Lipinski definition) is 6. The second kappa shape index (κ2) is 6.31. The van der Waals surface area contributed by atoms with Gasteiger partial charge in [-0.3, -0.25) is 14.4 Å². The van der Waals surface area contributed by atoms with Gasteiger partial charge in [-0.25, -0.2) is 0 Å². The van der Waals surface area contributed by atoms with Crippen molar-refractivity contribution in [2.75, 3.05) is 11.6 Å². The zero-order valence-electron chi connectivity index (χ0n) is 10.8. The van der Waals surface area contributed by atoms with Crippen LogP contribution in [-0.4, -0.2) is 56.5 Å². The van der Waals surface area contributed by atoms with Crippen LogP contribution in [0.5, 0.6) is 0 Å². The molecule has 2 amide bonds. The van der Waals surface area contributed by atoms with E-state index in [1.165, 1.54) is 16.7 Å². The van der Waals surface area contributed by atoms with E-state index in [0.29, 0.717) is 5.75 Å². The van der Waals surface area contributed by atoms with E-state index in [0.717, 1.165) is 5.57 Å². The molecule has 0 aliphatic carbocycles. The summed E-state index contributed by atoms with van der Waals surface area (Å²) in [6.45, 7) is 3.64. The summed E-state index contributed by atoms with van der Waals surface area (Å²) in [5.74, 6) is -1.84. The van der Waals surface area contributed by atoms with Crippen LogP contribution in [0.3, 0.4) is 0 Å². The SMILES string of the molecule is C=CC1=CN2C(=O)C(NC(=O)/C(=N\O)C(=O)CCl)C2SC1. The van der Waals surface area contributed by atoms with Crippen molar-refractivity contribution in [3.63, 3.8) is 0 Å². The normalized spacial score (nSPS) is 24.6. The van der Waals surface area contributed by atoms with E-state index in [9.17, 15) is 14.4 Å². The summed E-state index contributed by atoms with van der Waals surface area (Å²) >= 11 is 6.78. The molecule has 112 valence electrons. The Labute approximate surface area is 129 Å². The molecule has 2 atom stereocenters. The standard InChI is InChI=1S/C12H12ClN3O4S/c1-2-6-4-16-11(19)9(12(16)21-5-6)14-10(18)8(15-20)7(17)3-13/h2,4,9,12,20H,1,3,5H2,(H,14,18)/b15-8-. The molecule has 2 aliphatic rings. The Balaban J connectivity index is 2.04. The molecule has 0 radical (unpaired) electrons. The number of allylic oxidation sites excluding steroid dienone is 1. The van der Waals surface area contributed by atoms with Crippen molar-refractivity contribution in [3.8, 4) is 0 Å². The molecule has 2 heterocycles. The Morgan fingerprint density at radius 3 is 2.95 bits per heavy atom. The van der Waals surface area contributed by atoms with E-state index in [1.807, 2.05) is 0 Å². The minimum Gasteiger partial charge on any atom is -0.410 e. The Hall–Kier alpha value is -1.80. The van der Waals surface area contributed by atoms with Crippen molar-refractivity contribution in [1.29, 1.82) is 0 Å². The number of β-lactam (4-membered cyclic amide) rings is 1. The van der Waals surface area contributed by atoms with Crippen LogP contribution in [-0.2, 0) is 14.4 Å². The zero-order chi connectivity index (χ0) is 15.6. The van der Waals surface area contributed by atoms with E-state index in [1.54, 1.807) is 12.3 Å². The first-order chi connectivity index (χ1) is 10.0. The number of hydrogen-bond donors (Lipinski definition) is 2. The lowest BCUT2D eigenvalue weighted by atomic mass is 10.1. The van der Waals surface area contributed by atoms with Gasteiger partial charge in [-0.2, -0.15) is 0 Å².